The van der Waals surface area contributed by atoms with Crippen molar-refractivity contribution >= 4 is 12.0 Å². The highest BCUT2D eigenvalue weighted by Crippen LogP contribution is 2.39. The number of ether oxygens (including phenoxy) is 14. The molecule has 496 valence electrons. The van der Waals surface area contributed by atoms with Gasteiger partial charge in [-0.25, -0.2) is 0 Å². The van der Waals surface area contributed by atoms with E-state index in [4.69, 9.17) is 66.3 Å². The van der Waals surface area contributed by atoms with Crippen LogP contribution in [0.25, 0.3) is 6.08 Å². The minimum atomic E-state index is -2.25. The Bertz CT molecular complexity index is 2320. The highest BCUT2D eigenvalue weighted by atomic mass is 16.8. The summed E-state index contributed by atoms with van der Waals surface area (Å²) in [5.41, 5.74) is 0.613. The molecule has 14 bridgehead atoms. The van der Waals surface area contributed by atoms with E-state index in [0.717, 1.165) is 6.08 Å². The molecular formula is C51H77NO35. The highest BCUT2D eigenvalue weighted by molar-refractivity contribution is 5.91. The Labute approximate surface area is 492 Å². The molecule has 36 heteroatoms. The van der Waals surface area contributed by atoms with Crippen LogP contribution in [0, 0.1) is 0 Å². The number of amides is 1. The van der Waals surface area contributed by atoms with Gasteiger partial charge in [0.25, 0.3) is 0 Å². The largest absolute Gasteiger partial charge is 0.394 e. The highest BCUT2D eigenvalue weighted by Gasteiger charge is 2.59. The van der Waals surface area contributed by atoms with Crippen molar-refractivity contribution in [1.29, 1.82) is 0 Å². The lowest BCUT2D eigenvalue weighted by Gasteiger charge is -2.50. The van der Waals surface area contributed by atoms with Crippen LogP contribution in [0.5, 0.6) is 0 Å². The van der Waals surface area contributed by atoms with Crippen LogP contribution < -0.4 is 5.32 Å². The standard InChI is InChI=1S/C51H77NO35/c53-9-17-39-26(62)33(69)47(76-17)84-41-19(11-55)78-49(35(71)28(41)64)86-43-21(13-57)80-51(37(73)30(43)66)87-44-22(14-58)79-50(36(72)29(44)65)85-42-20(12-56)77-48(34(70)27(42)63)83-40-18(10-54)75-46(32(68)25(40)61)81-38-16(74-45(82-39)31(67)24(38)60)8-52-23(59)7-6-15-4-2-1-3-5-15/h1-7,16-22,24-51,53-58,60-73H,8-14H2,(H,52,59)/b7-6+/t16-,17-,18-,19-,20-,21-,22-,24-,25-,26-,27-,28-,29-,30-,31-,32-,33-,34-,35-,36-,37-,38-,39-,40-,41-,42-,43-,44-,45-,46-,47-,48-,49-,50-,51-/m1/s1. The van der Waals surface area contributed by atoms with Crippen molar-refractivity contribution in [2.75, 3.05) is 46.2 Å². The number of rotatable bonds is 10. The van der Waals surface area contributed by atoms with Crippen molar-refractivity contribution in [2.24, 2.45) is 0 Å². The lowest BCUT2D eigenvalue weighted by atomic mass is 9.95. The number of nitrogens with one attached hydrogen (secondary N) is 1. The van der Waals surface area contributed by atoms with Gasteiger partial charge < -0.3 is 174 Å². The van der Waals surface area contributed by atoms with Crippen molar-refractivity contribution in [1.82, 2.24) is 5.32 Å². The second-order valence-corrected chi connectivity index (χ2v) is 22.0. The van der Waals surface area contributed by atoms with Gasteiger partial charge in [0.1, 0.15) is 171 Å². The van der Waals surface area contributed by atoms with E-state index in [9.17, 15) is 107 Å². The zero-order chi connectivity index (χ0) is 62.9. The zero-order valence-corrected chi connectivity index (χ0v) is 45.8. The third-order valence-corrected chi connectivity index (χ3v) is 16.3. The molecule has 0 spiro atoms. The summed E-state index contributed by atoms with van der Waals surface area (Å²) in [4.78, 5) is 13.2. The fourth-order valence-electron chi connectivity index (χ4n) is 11.4. The van der Waals surface area contributed by atoms with Crippen molar-refractivity contribution in [3.8, 4) is 0 Å². The molecule has 35 atom stereocenters. The van der Waals surface area contributed by atoms with E-state index in [1.54, 1.807) is 30.3 Å². The summed E-state index contributed by atoms with van der Waals surface area (Å²) >= 11 is 0. The first-order valence-corrected chi connectivity index (χ1v) is 27.9. The van der Waals surface area contributed by atoms with Crippen molar-refractivity contribution in [3.05, 3.63) is 42.0 Å². The number of carbonyl (C=O) groups is 1. The predicted octanol–water partition coefficient (Wildman–Crippen LogP) is -13.4. The van der Waals surface area contributed by atoms with Crippen LogP contribution in [0.2, 0.25) is 0 Å². The molecule has 21 aliphatic rings. The summed E-state index contributed by atoms with van der Waals surface area (Å²) in [7, 11) is 0. The van der Waals surface area contributed by atoms with Gasteiger partial charge in [0.05, 0.1) is 39.6 Å². The SMILES string of the molecule is O=C(/C=C/c1ccccc1)NC[C@H]1O[C@@H]2O[C@H]3[C@H](O)[C@@H](O)[C@@H](O[C@H]4[C@H](O)[C@@H](O)[C@@H](O[C@H]5[C@H](O)[C@@H](O)[C@@H](O[C@H]6[C@H](O)[C@@H](O)[C@@H](O[C@H]7[C@H](O)[C@@H](O)[C@@H](O[C@H]8[C@H](O)[C@@H](O)[C@@H](O[C@H]1[C@H](O)[C@H]2O)O[C@@H]8CO)O[C@@H]7CO)O[C@@H]6CO)O[C@@H]5CO)O[C@@H]4CO)O[C@@H]3CO. The van der Waals surface area contributed by atoms with E-state index in [0.29, 0.717) is 5.56 Å². The summed E-state index contributed by atoms with van der Waals surface area (Å²) in [6.07, 6.45) is -68.5. The molecule has 22 rings (SSSR count). The minimum absolute atomic E-state index is 0.613. The molecule has 1 amide bonds. The van der Waals surface area contributed by atoms with Gasteiger partial charge in [-0.05, 0) is 11.6 Å². The van der Waals surface area contributed by atoms with Crippen LogP contribution in [-0.2, 0) is 71.1 Å². The Morgan fingerprint density at radius 2 is 0.517 bits per heavy atom. The van der Waals surface area contributed by atoms with E-state index in [1.165, 1.54) is 6.08 Å². The van der Waals surface area contributed by atoms with Crippen molar-refractivity contribution in [2.45, 2.75) is 215 Å². The Balaban J connectivity index is 1.01. The molecular weight excluding hydrogens is 1190 g/mol. The zero-order valence-electron chi connectivity index (χ0n) is 45.8. The molecule has 87 heavy (non-hydrogen) atoms. The molecule has 21 N–H and O–H groups in total. The first-order valence-electron chi connectivity index (χ1n) is 27.9. The molecule has 21 fully saturated rings. The van der Waals surface area contributed by atoms with Gasteiger partial charge in [0.2, 0.25) is 5.91 Å². The number of aliphatic hydroxyl groups excluding tert-OH is 20. The molecule has 1 aromatic rings. The summed E-state index contributed by atoms with van der Waals surface area (Å²) in [5, 5.41) is 226. The molecule has 0 aromatic heterocycles. The van der Waals surface area contributed by atoms with Gasteiger partial charge in [-0.15, -0.1) is 0 Å². The summed E-state index contributed by atoms with van der Waals surface area (Å²) in [5.74, 6) is -0.756. The Kier molecular flexibility index (Phi) is 23.4. The summed E-state index contributed by atoms with van der Waals surface area (Å²) < 4.78 is 81.0. The summed E-state index contributed by atoms with van der Waals surface area (Å²) in [6, 6.07) is 8.54. The van der Waals surface area contributed by atoms with Gasteiger partial charge in [-0.3, -0.25) is 4.79 Å². The van der Waals surface area contributed by atoms with Gasteiger partial charge >= 0.3 is 0 Å². The molecule has 0 aliphatic carbocycles. The van der Waals surface area contributed by atoms with Gasteiger partial charge in [0.15, 0.2) is 44.0 Å². The minimum Gasteiger partial charge on any atom is -0.394 e. The van der Waals surface area contributed by atoms with Crippen LogP contribution in [0.15, 0.2) is 36.4 Å². The first kappa shape index (κ1) is 68.4. The van der Waals surface area contributed by atoms with Crippen LogP contribution in [0.1, 0.15) is 5.56 Å². The normalized spacial score (nSPS) is 50.3. The van der Waals surface area contributed by atoms with Crippen LogP contribution in [-0.4, -0.2) is 369 Å². The number of hydrogen-bond acceptors (Lipinski definition) is 35. The molecule has 0 saturated carbocycles. The van der Waals surface area contributed by atoms with Crippen LogP contribution in [0.4, 0.5) is 0 Å². The fourth-order valence-corrected chi connectivity index (χ4v) is 11.4. The topological polar surface area (TPSA) is 563 Å². The van der Waals surface area contributed by atoms with E-state index < -0.39 is 267 Å². The van der Waals surface area contributed by atoms with Gasteiger partial charge in [0, 0.05) is 12.6 Å². The number of carbonyl (C=O) groups excluding carboxylic acids is 1. The quantitative estimate of drug-likeness (QED) is 0.0967. The van der Waals surface area contributed by atoms with E-state index >= 15 is 0 Å². The Morgan fingerprint density at radius 1 is 0.310 bits per heavy atom. The van der Waals surface area contributed by atoms with Crippen LogP contribution >= 0.6 is 0 Å². The second-order valence-electron chi connectivity index (χ2n) is 22.0. The first-order chi connectivity index (χ1) is 41.6. The van der Waals surface area contributed by atoms with Crippen molar-refractivity contribution < 1.29 is 173 Å². The smallest absolute Gasteiger partial charge is 0.244 e. The van der Waals surface area contributed by atoms with E-state index in [2.05, 4.69) is 5.32 Å². The van der Waals surface area contributed by atoms with Crippen molar-refractivity contribution in [3.63, 3.8) is 0 Å². The Morgan fingerprint density at radius 3 is 0.736 bits per heavy atom. The average molecular weight is 1260 g/mol. The molecule has 21 heterocycles. The number of hydrogen-bond donors (Lipinski definition) is 21. The lowest BCUT2D eigenvalue weighted by Crippen LogP contribution is -2.68. The Hall–Kier alpha value is -2.93. The molecule has 36 nitrogen and oxygen atoms in total. The molecule has 21 saturated heterocycles. The number of benzene rings is 1. The maximum Gasteiger partial charge on any atom is 0.244 e. The fraction of sp³-hybridized carbons (Fsp3) is 0.824. The van der Waals surface area contributed by atoms with E-state index in [-0.39, 0.29) is 0 Å². The molecule has 0 unspecified atom stereocenters. The average Bonchev–Trinajstić information content (AvgIpc) is 1.17. The van der Waals surface area contributed by atoms with Crippen LogP contribution in [0.3, 0.4) is 0 Å². The monoisotopic (exact) mass is 1260 g/mol. The predicted molar refractivity (Wildman–Crippen MR) is 270 cm³/mol. The third kappa shape index (κ3) is 14.3. The molecule has 21 aliphatic heterocycles. The second kappa shape index (κ2) is 29.8. The van der Waals surface area contributed by atoms with Gasteiger partial charge in [-0.1, -0.05) is 30.3 Å². The molecule has 1 aromatic carbocycles. The molecule has 0 radical (unpaired) electrons. The lowest BCUT2D eigenvalue weighted by molar-refractivity contribution is -0.396. The van der Waals surface area contributed by atoms with E-state index in [1.807, 2.05) is 0 Å². The number of aliphatic hydroxyl groups is 20. The maximum atomic E-state index is 13.2. The van der Waals surface area contributed by atoms with Gasteiger partial charge in [-0.2, -0.15) is 0 Å². The maximum absolute atomic E-state index is 13.2. The third-order valence-electron chi connectivity index (χ3n) is 16.3. The summed E-state index contributed by atoms with van der Waals surface area (Å²) in [6.45, 7) is -7.01.